The molecule has 5 heteroatoms. The third kappa shape index (κ3) is 3.26. The number of nitrogens with zero attached hydrogens (tertiary/aromatic N) is 1. The molecular weight excluding hydrogens is 389 g/mol. The van der Waals surface area contributed by atoms with Gasteiger partial charge in [-0.15, -0.1) is 0 Å². The highest BCUT2D eigenvalue weighted by molar-refractivity contribution is 9.13. The monoisotopic (exact) mass is 397 g/mol. The molecule has 0 amide bonds. The summed E-state index contributed by atoms with van der Waals surface area (Å²) in [6.07, 6.45) is -0.684. The number of hydrogen-bond acceptors (Lipinski definition) is 2. The number of nitriles is 1. The van der Waals surface area contributed by atoms with Crippen molar-refractivity contribution in [3.8, 4) is 6.07 Å². The Morgan fingerprint density at radius 1 is 1.25 bits per heavy atom. The summed E-state index contributed by atoms with van der Waals surface area (Å²) >= 11 is 6.81. The van der Waals surface area contributed by atoms with Crippen LogP contribution in [0.5, 0.6) is 0 Å². The highest BCUT2D eigenvalue weighted by atomic mass is 79.9. The van der Waals surface area contributed by atoms with E-state index in [0.29, 0.717) is 0 Å². The van der Waals surface area contributed by atoms with Gasteiger partial charge in [0.15, 0.2) is 0 Å². The molecular formula is C15H10Br2FNO. The van der Waals surface area contributed by atoms with E-state index in [1.165, 1.54) is 12.1 Å². The smallest absolute Gasteiger partial charge is 0.130 e. The third-order valence-corrected chi connectivity index (χ3v) is 5.06. The SMILES string of the molecule is N#Cc1ccc(C(O)Cc2cccc(Br)c2Br)c(F)c1. The van der Waals surface area contributed by atoms with E-state index in [1.807, 2.05) is 24.3 Å². The van der Waals surface area contributed by atoms with Crippen molar-refractivity contribution in [2.45, 2.75) is 12.5 Å². The van der Waals surface area contributed by atoms with Gasteiger partial charge in [-0.25, -0.2) is 4.39 Å². The van der Waals surface area contributed by atoms with E-state index in [2.05, 4.69) is 31.9 Å². The minimum atomic E-state index is -0.964. The second-order valence-corrected chi connectivity index (χ2v) is 5.93. The van der Waals surface area contributed by atoms with E-state index in [1.54, 1.807) is 0 Å². The van der Waals surface area contributed by atoms with E-state index >= 15 is 0 Å². The quantitative estimate of drug-likeness (QED) is 0.827. The summed E-state index contributed by atoms with van der Waals surface area (Å²) < 4.78 is 15.6. The normalized spacial score (nSPS) is 11.9. The Kier molecular flexibility index (Phi) is 4.92. The molecule has 0 aliphatic rings. The van der Waals surface area contributed by atoms with E-state index in [0.717, 1.165) is 20.6 Å². The van der Waals surface area contributed by atoms with Gasteiger partial charge >= 0.3 is 0 Å². The molecule has 1 N–H and O–H groups in total. The molecule has 0 aliphatic heterocycles. The van der Waals surface area contributed by atoms with Crippen LogP contribution in [0.1, 0.15) is 22.8 Å². The molecule has 0 bridgehead atoms. The Balaban J connectivity index is 2.26. The lowest BCUT2D eigenvalue weighted by Crippen LogP contribution is -2.05. The van der Waals surface area contributed by atoms with Crippen LogP contribution in [0.15, 0.2) is 45.3 Å². The van der Waals surface area contributed by atoms with Gasteiger partial charge in [-0.1, -0.05) is 18.2 Å². The lowest BCUT2D eigenvalue weighted by Gasteiger charge is -2.14. The minimum absolute atomic E-state index is 0.191. The highest BCUT2D eigenvalue weighted by Gasteiger charge is 2.16. The summed E-state index contributed by atoms with van der Waals surface area (Å²) in [5.74, 6) is -0.567. The maximum Gasteiger partial charge on any atom is 0.130 e. The third-order valence-electron chi connectivity index (χ3n) is 2.93. The number of benzene rings is 2. The molecule has 0 fully saturated rings. The Labute approximate surface area is 133 Å². The zero-order valence-electron chi connectivity index (χ0n) is 10.3. The second kappa shape index (κ2) is 6.49. The van der Waals surface area contributed by atoms with E-state index in [-0.39, 0.29) is 17.5 Å². The largest absolute Gasteiger partial charge is 0.388 e. The first kappa shape index (κ1) is 15.2. The summed E-state index contributed by atoms with van der Waals surface area (Å²) in [5, 5.41) is 18.9. The van der Waals surface area contributed by atoms with Crippen LogP contribution in [0.25, 0.3) is 0 Å². The van der Waals surface area contributed by atoms with Gasteiger partial charge in [-0.2, -0.15) is 5.26 Å². The predicted molar refractivity (Wildman–Crippen MR) is 81.6 cm³/mol. The molecule has 0 radical (unpaired) electrons. The van der Waals surface area contributed by atoms with Crippen molar-refractivity contribution in [3.63, 3.8) is 0 Å². The maximum absolute atomic E-state index is 13.8. The fourth-order valence-electron chi connectivity index (χ4n) is 1.89. The Morgan fingerprint density at radius 2 is 2.00 bits per heavy atom. The van der Waals surface area contributed by atoms with Gasteiger partial charge in [0.1, 0.15) is 5.82 Å². The average Bonchev–Trinajstić information content (AvgIpc) is 2.43. The molecule has 2 aromatic carbocycles. The van der Waals surface area contributed by atoms with Crippen molar-refractivity contribution in [3.05, 3.63) is 67.9 Å². The first-order chi connectivity index (χ1) is 9.52. The van der Waals surface area contributed by atoms with Crippen LogP contribution >= 0.6 is 31.9 Å². The van der Waals surface area contributed by atoms with Gasteiger partial charge in [-0.3, -0.25) is 0 Å². The van der Waals surface area contributed by atoms with Gasteiger partial charge in [0.25, 0.3) is 0 Å². The van der Waals surface area contributed by atoms with E-state index < -0.39 is 11.9 Å². The second-order valence-electron chi connectivity index (χ2n) is 4.28. The average molecular weight is 399 g/mol. The van der Waals surface area contributed by atoms with Crippen molar-refractivity contribution in [1.29, 1.82) is 5.26 Å². The standard InChI is InChI=1S/C15H10Br2FNO/c16-12-3-1-2-10(15(12)17)7-14(20)11-5-4-9(8-19)6-13(11)18/h1-6,14,20H,7H2. The lowest BCUT2D eigenvalue weighted by atomic mass is 10.00. The molecule has 2 rings (SSSR count). The molecule has 1 unspecified atom stereocenters. The van der Waals surface area contributed by atoms with Gasteiger partial charge in [0, 0.05) is 20.9 Å². The van der Waals surface area contributed by atoms with E-state index in [4.69, 9.17) is 5.26 Å². The van der Waals surface area contributed by atoms with Crippen LogP contribution in [-0.2, 0) is 6.42 Å². The molecule has 1 atom stereocenters. The predicted octanol–water partition coefficient (Wildman–Crippen LogP) is 4.50. The summed E-state index contributed by atoms with van der Waals surface area (Å²) in [7, 11) is 0. The Morgan fingerprint density at radius 3 is 2.65 bits per heavy atom. The molecule has 2 nitrogen and oxygen atoms in total. The fraction of sp³-hybridized carbons (Fsp3) is 0.133. The molecule has 2 aromatic rings. The zero-order valence-corrected chi connectivity index (χ0v) is 13.4. The van der Waals surface area contributed by atoms with Crippen LogP contribution in [0.3, 0.4) is 0 Å². The maximum atomic E-state index is 13.8. The van der Waals surface area contributed by atoms with Crippen LogP contribution in [0.4, 0.5) is 4.39 Å². The lowest BCUT2D eigenvalue weighted by molar-refractivity contribution is 0.173. The molecule has 0 saturated carbocycles. The molecule has 0 saturated heterocycles. The fourth-order valence-corrected chi connectivity index (χ4v) is 2.72. The van der Waals surface area contributed by atoms with Crippen molar-refractivity contribution >= 4 is 31.9 Å². The van der Waals surface area contributed by atoms with Crippen LogP contribution in [0.2, 0.25) is 0 Å². The van der Waals surface area contributed by atoms with Gasteiger partial charge in [0.05, 0.1) is 17.7 Å². The Bertz CT molecular complexity index is 682. The summed E-state index contributed by atoms with van der Waals surface area (Å²) in [6, 6.07) is 11.5. The number of hydrogen-bond donors (Lipinski definition) is 1. The topological polar surface area (TPSA) is 44.0 Å². The molecule has 0 aromatic heterocycles. The van der Waals surface area contributed by atoms with Gasteiger partial charge in [-0.05, 0) is 55.6 Å². The number of aliphatic hydroxyl groups excluding tert-OH is 1. The Hall–Kier alpha value is -1.22. The van der Waals surface area contributed by atoms with Gasteiger partial charge in [0.2, 0.25) is 0 Å². The van der Waals surface area contributed by atoms with Crippen molar-refractivity contribution in [2.24, 2.45) is 0 Å². The molecule has 0 spiro atoms. The van der Waals surface area contributed by atoms with E-state index in [9.17, 15) is 9.50 Å². The van der Waals surface area contributed by atoms with Crippen molar-refractivity contribution < 1.29 is 9.50 Å². The minimum Gasteiger partial charge on any atom is -0.388 e. The molecule has 20 heavy (non-hydrogen) atoms. The first-order valence-electron chi connectivity index (χ1n) is 5.83. The zero-order chi connectivity index (χ0) is 14.7. The van der Waals surface area contributed by atoms with Crippen LogP contribution in [-0.4, -0.2) is 5.11 Å². The molecule has 0 aliphatic carbocycles. The summed E-state index contributed by atoms with van der Waals surface area (Å²) in [6.45, 7) is 0. The molecule has 0 heterocycles. The molecule has 102 valence electrons. The number of halogens is 3. The van der Waals surface area contributed by atoms with Crippen molar-refractivity contribution in [1.82, 2.24) is 0 Å². The number of aliphatic hydroxyl groups is 1. The number of rotatable bonds is 3. The van der Waals surface area contributed by atoms with Gasteiger partial charge < -0.3 is 5.11 Å². The highest BCUT2D eigenvalue weighted by Crippen LogP contribution is 2.30. The van der Waals surface area contributed by atoms with Crippen LogP contribution in [0, 0.1) is 17.1 Å². The first-order valence-corrected chi connectivity index (χ1v) is 7.42. The van der Waals surface area contributed by atoms with Crippen LogP contribution < -0.4 is 0 Å². The summed E-state index contributed by atoms with van der Waals surface area (Å²) in [5.41, 5.74) is 1.30. The summed E-state index contributed by atoms with van der Waals surface area (Å²) in [4.78, 5) is 0. The van der Waals surface area contributed by atoms with Crippen molar-refractivity contribution in [2.75, 3.05) is 0 Å².